The number of pyridine rings is 1. The van der Waals surface area contributed by atoms with Gasteiger partial charge in [-0.2, -0.15) is 0 Å². The molecule has 0 fully saturated rings. The minimum absolute atomic E-state index is 0.562. The van der Waals surface area contributed by atoms with E-state index in [-0.39, 0.29) is 0 Å². The number of hydrogen-bond acceptors (Lipinski definition) is 6. The largest absolute Gasteiger partial charge is 0.455 e. The van der Waals surface area contributed by atoms with Gasteiger partial charge in [0.15, 0.2) is 17.5 Å². The summed E-state index contributed by atoms with van der Waals surface area (Å²) in [5.74, 6) is 1.77. The molecule has 0 unspecified atom stereocenters. The summed E-state index contributed by atoms with van der Waals surface area (Å²) in [6.07, 6.45) is 0. The summed E-state index contributed by atoms with van der Waals surface area (Å²) in [6.45, 7) is 0. The summed E-state index contributed by atoms with van der Waals surface area (Å²) < 4.78 is 9.00. The molecule has 12 rings (SSSR count). The summed E-state index contributed by atoms with van der Waals surface area (Å²) in [7, 11) is 0. The van der Waals surface area contributed by atoms with Gasteiger partial charge in [-0.25, -0.2) is 19.9 Å². The van der Waals surface area contributed by atoms with Crippen LogP contribution in [0.25, 0.3) is 120 Å². The van der Waals surface area contributed by atoms with Gasteiger partial charge >= 0.3 is 0 Å². The fourth-order valence-corrected chi connectivity index (χ4v) is 9.67. The van der Waals surface area contributed by atoms with Gasteiger partial charge in [-0.05, 0) is 52.2 Å². The number of aromatic nitrogens is 4. The van der Waals surface area contributed by atoms with Crippen LogP contribution in [0.15, 0.2) is 186 Å². The molecule has 0 radical (unpaired) electrons. The highest BCUT2D eigenvalue weighted by Crippen LogP contribution is 2.44. The van der Waals surface area contributed by atoms with Crippen LogP contribution in [-0.4, -0.2) is 19.9 Å². The topological polar surface area (TPSA) is 64.7 Å². The Morgan fingerprint density at radius 3 is 1.79 bits per heavy atom. The molecule has 0 atom stereocenters. The Morgan fingerprint density at radius 2 is 0.966 bits per heavy atom. The van der Waals surface area contributed by atoms with Crippen LogP contribution in [-0.2, 0) is 0 Å². The van der Waals surface area contributed by atoms with E-state index in [1.165, 1.54) is 25.6 Å². The Bertz CT molecular complexity index is 3570. The normalized spacial score (nSPS) is 11.8. The molecule has 0 saturated heterocycles. The monoisotopic (exact) mass is 758 g/mol. The van der Waals surface area contributed by atoms with E-state index in [0.717, 1.165) is 77.3 Å². The molecule has 0 amide bonds. The van der Waals surface area contributed by atoms with Crippen molar-refractivity contribution in [2.24, 2.45) is 0 Å². The predicted molar refractivity (Wildman–Crippen MR) is 240 cm³/mol. The molecule has 58 heavy (non-hydrogen) atoms. The van der Waals surface area contributed by atoms with E-state index < -0.39 is 0 Å². The fourth-order valence-electron chi connectivity index (χ4n) is 8.43. The third-order valence-electron chi connectivity index (χ3n) is 11.2. The molecule has 0 N–H and O–H groups in total. The Kier molecular flexibility index (Phi) is 7.33. The lowest BCUT2D eigenvalue weighted by Gasteiger charge is -2.14. The third kappa shape index (κ3) is 5.16. The molecule has 0 aliphatic rings. The molecular weight excluding hydrogens is 729 g/mol. The third-order valence-corrected chi connectivity index (χ3v) is 12.4. The molecule has 0 bridgehead atoms. The Morgan fingerprint density at radius 1 is 0.362 bits per heavy atom. The summed E-state index contributed by atoms with van der Waals surface area (Å²) in [6, 6.07) is 63.2. The molecular formula is C52H30N4OS. The quantitative estimate of drug-likeness (QED) is 0.175. The van der Waals surface area contributed by atoms with E-state index in [1.54, 1.807) is 0 Å². The van der Waals surface area contributed by atoms with Crippen LogP contribution in [0.3, 0.4) is 0 Å². The number of para-hydroxylation sites is 3. The Hall–Kier alpha value is -7.54. The van der Waals surface area contributed by atoms with Crippen molar-refractivity contribution >= 4 is 75.1 Å². The number of thiophene rings is 1. The van der Waals surface area contributed by atoms with Gasteiger partial charge in [0.2, 0.25) is 0 Å². The number of hydrogen-bond donors (Lipinski definition) is 0. The van der Waals surface area contributed by atoms with Gasteiger partial charge < -0.3 is 4.42 Å². The van der Waals surface area contributed by atoms with E-state index >= 15 is 0 Å². The predicted octanol–water partition coefficient (Wildman–Crippen LogP) is 14.2. The van der Waals surface area contributed by atoms with Gasteiger partial charge in [-0.15, -0.1) is 11.3 Å². The first-order valence-electron chi connectivity index (χ1n) is 19.3. The summed E-state index contributed by atoms with van der Waals surface area (Å²) >= 11 is 1.84. The zero-order valence-corrected chi connectivity index (χ0v) is 31.7. The van der Waals surface area contributed by atoms with Crippen molar-refractivity contribution < 1.29 is 4.42 Å². The van der Waals surface area contributed by atoms with Gasteiger partial charge in [-0.1, -0.05) is 152 Å². The molecule has 5 nitrogen and oxygen atoms in total. The van der Waals surface area contributed by atoms with E-state index in [0.29, 0.717) is 17.5 Å². The van der Waals surface area contributed by atoms with Gasteiger partial charge in [0.05, 0.1) is 16.8 Å². The number of fused-ring (bicyclic) bond motifs is 9. The molecule has 0 spiro atoms. The van der Waals surface area contributed by atoms with Crippen LogP contribution < -0.4 is 0 Å². The second kappa shape index (κ2) is 13.0. The van der Waals surface area contributed by atoms with E-state index in [1.807, 2.05) is 72.0 Å². The Balaban J connectivity index is 1.00. The maximum atomic E-state index is 6.45. The lowest BCUT2D eigenvalue weighted by atomic mass is 9.93. The van der Waals surface area contributed by atoms with Crippen molar-refractivity contribution in [3.63, 3.8) is 0 Å². The molecule has 0 saturated carbocycles. The summed E-state index contributed by atoms with van der Waals surface area (Å²) in [4.78, 5) is 20.6. The maximum Gasteiger partial charge on any atom is 0.167 e. The highest BCUT2D eigenvalue weighted by molar-refractivity contribution is 7.26. The molecule has 0 aliphatic carbocycles. The van der Waals surface area contributed by atoms with Crippen LogP contribution >= 0.6 is 11.3 Å². The zero-order valence-electron chi connectivity index (χ0n) is 30.9. The average Bonchev–Trinajstić information content (AvgIpc) is 3.88. The van der Waals surface area contributed by atoms with Crippen molar-refractivity contribution in [2.45, 2.75) is 0 Å². The Labute approximate surface area is 336 Å². The summed E-state index contributed by atoms with van der Waals surface area (Å²) in [5, 5.41) is 7.92. The average molecular weight is 759 g/mol. The van der Waals surface area contributed by atoms with Gasteiger partial charge in [0, 0.05) is 53.0 Å². The molecule has 4 heterocycles. The van der Waals surface area contributed by atoms with Gasteiger partial charge in [0.25, 0.3) is 0 Å². The van der Waals surface area contributed by atoms with Crippen LogP contribution in [0.2, 0.25) is 0 Å². The van der Waals surface area contributed by atoms with E-state index in [2.05, 4.69) is 121 Å². The first-order valence-corrected chi connectivity index (χ1v) is 20.1. The standard InChI is InChI=1S/C52H30N4OS/c1-2-13-33(14-3-1)50-54-51(56-52(55-50)42-21-12-20-38-37-17-7-10-23-44(37)57-48(38)42)39-30-29-34(35-15-4-5-16-36(35)39)31-25-27-32(28-26-31)47-46-41-19-8-11-24-45(41)58-49(46)40-18-6-9-22-43(40)53-47/h1-30H. The minimum atomic E-state index is 0.562. The van der Waals surface area contributed by atoms with Crippen LogP contribution in [0.1, 0.15) is 0 Å². The molecule has 4 aromatic heterocycles. The smallest absolute Gasteiger partial charge is 0.167 e. The van der Waals surface area contributed by atoms with E-state index in [9.17, 15) is 0 Å². The first-order chi connectivity index (χ1) is 28.7. The van der Waals surface area contributed by atoms with Crippen LogP contribution in [0, 0.1) is 0 Å². The number of rotatable bonds is 5. The number of nitrogens with zero attached hydrogens (tertiary/aromatic N) is 4. The van der Waals surface area contributed by atoms with Gasteiger partial charge in [0.1, 0.15) is 11.2 Å². The zero-order chi connectivity index (χ0) is 38.2. The van der Waals surface area contributed by atoms with Crippen molar-refractivity contribution in [2.75, 3.05) is 0 Å². The molecule has 270 valence electrons. The van der Waals surface area contributed by atoms with Crippen molar-refractivity contribution in [3.8, 4) is 56.5 Å². The molecule has 6 heteroatoms. The van der Waals surface area contributed by atoms with Gasteiger partial charge in [-0.3, -0.25) is 0 Å². The van der Waals surface area contributed by atoms with Crippen molar-refractivity contribution in [1.82, 2.24) is 19.9 Å². The SMILES string of the molecule is c1ccc(-c2nc(-c3ccc(-c4ccc(-c5nc6ccccc6c6sc7ccccc7c56)cc4)c4ccccc34)nc(-c3cccc4c3oc3ccccc34)n2)cc1. The highest BCUT2D eigenvalue weighted by Gasteiger charge is 2.20. The molecule has 0 aliphatic heterocycles. The number of benzene rings is 8. The minimum Gasteiger partial charge on any atom is -0.455 e. The fraction of sp³-hybridized carbons (Fsp3) is 0. The first kappa shape index (κ1) is 32.7. The highest BCUT2D eigenvalue weighted by atomic mass is 32.1. The van der Waals surface area contributed by atoms with Crippen LogP contribution in [0.5, 0.6) is 0 Å². The second-order valence-electron chi connectivity index (χ2n) is 14.5. The second-order valence-corrected chi connectivity index (χ2v) is 15.6. The van der Waals surface area contributed by atoms with E-state index in [4.69, 9.17) is 24.4 Å². The molecule has 12 aromatic rings. The van der Waals surface area contributed by atoms with Crippen LogP contribution in [0.4, 0.5) is 0 Å². The number of furan rings is 1. The lowest BCUT2D eigenvalue weighted by molar-refractivity contribution is 0.669. The molecule has 8 aromatic carbocycles. The lowest BCUT2D eigenvalue weighted by Crippen LogP contribution is -2.01. The van der Waals surface area contributed by atoms with Crippen molar-refractivity contribution in [3.05, 3.63) is 182 Å². The summed E-state index contributed by atoms with van der Waals surface area (Å²) in [5.41, 5.74) is 9.63. The van der Waals surface area contributed by atoms with Crippen molar-refractivity contribution in [1.29, 1.82) is 0 Å². The maximum absolute atomic E-state index is 6.45.